The third kappa shape index (κ3) is 1.25. The topological polar surface area (TPSA) is 17.8 Å². The fourth-order valence-electron chi connectivity index (χ4n) is 2.22. The van der Waals surface area contributed by atoms with Gasteiger partial charge in [-0.3, -0.25) is 0 Å². The van der Waals surface area contributed by atoms with Gasteiger partial charge in [0.1, 0.15) is 5.82 Å². The van der Waals surface area contributed by atoms with Gasteiger partial charge in [0.25, 0.3) is 0 Å². The summed E-state index contributed by atoms with van der Waals surface area (Å²) in [5, 5.41) is 1.08. The van der Waals surface area contributed by atoms with Gasteiger partial charge in [0.15, 0.2) is 0 Å². The molecule has 0 aromatic carbocycles. The van der Waals surface area contributed by atoms with Crippen molar-refractivity contribution in [2.24, 2.45) is 18.4 Å². The molecule has 1 aliphatic carbocycles. The van der Waals surface area contributed by atoms with Crippen LogP contribution in [0.1, 0.15) is 25.6 Å². The zero-order valence-electron chi connectivity index (χ0n) is 8.29. The van der Waals surface area contributed by atoms with Crippen molar-refractivity contribution in [3.8, 4) is 0 Å². The Morgan fingerprint density at radius 1 is 1.62 bits per heavy atom. The SMILES string of the molecule is Cn1ccnc1C1C(CBr)C1(C)C. The van der Waals surface area contributed by atoms with Crippen LogP contribution in [-0.4, -0.2) is 14.9 Å². The van der Waals surface area contributed by atoms with Crippen LogP contribution in [0.4, 0.5) is 0 Å². The largest absolute Gasteiger partial charge is 0.338 e. The molecular formula is C10H15BrN2. The Kier molecular flexibility index (Phi) is 2.02. The van der Waals surface area contributed by atoms with E-state index in [1.165, 1.54) is 5.82 Å². The lowest BCUT2D eigenvalue weighted by atomic mass is 10.1. The van der Waals surface area contributed by atoms with Crippen molar-refractivity contribution in [2.75, 3.05) is 5.33 Å². The Morgan fingerprint density at radius 2 is 2.31 bits per heavy atom. The van der Waals surface area contributed by atoms with E-state index in [4.69, 9.17) is 0 Å². The molecule has 0 bridgehead atoms. The van der Waals surface area contributed by atoms with Crippen molar-refractivity contribution < 1.29 is 0 Å². The van der Waals surface area contributed by atoms with Gasteiger partial charge < -0.3 is 4.57 Å². The quantitative estimate of drug-likeness (QED) is 0.730. The van der Waals surface area contributed by atoms with Gasteiger partial charge in [0.05, 0.1) is 0 Å². The third-order valence-electron chi connectivity index (χ3n) is 3.35. The van der Waals surface area contributed by atoms with Crippen LogP contribution in [0.3, 0.4) is 0 Å². The molecule has 0 amide bonds. The van der Waals surface area contributed by atoms with Crippen molar-refractivity contribution in [1.82, 2.24) is 9.55 Å². The van der Waals surface area contributed by atoms with E-state index in [1.807, 2.05) is 12.4 Å². The maximum atomic E-state index is 4.41. The molecule has 1 aromatic heterocycles. The average Bonchev–Trinajstić information content (AvgIpc) is 2.41. The van der Waals surface area contributed by atoms with E-state index in [1.54, 1.807) is 0 Å². The fourth-order valence-corrected chi connectivity index (χ4v) is 3.43. The highest BCUT2D eigenvalue weighted by molar-refractivity contribution is 9.09. The molecule has 13 heavy (non-hydrogen) atoms. The van der Waals surface area contributed by atoms with Crippen molar-refractivity contribution in [2.45, 2.75) is 19.8 Å². The van der Waals surface area contributed by atoms with Gasteiger partial charge in [0.2, 0.25) is 0 Å². The van der Waals surface area contributed by atoms with Crippen LogP contribution >= 0.6 is 15.9 Å². The molecule has 2 nitrogen and oxygen atoms in total. The van der Waals surface area contributed by atoms with Gasteiger partial charge in [-0.1, -0.05) is 29.8 Å². The summed E-state index contributed by atoms with van der Waals surface area (Å²) in [6.07, 6.45) is 3.91. The van der Waals surface area contributed by atoms with Crippen LogP contribution in [0.5, 0.6) is 0 Å². The molecule has 0 N–H and O–H groups in total. The van der Waals surface area contributed by atoms with E-state index in [0.717, 1.165) is 11.2 Å². The monoisotopic (exact) mass is 242 g/mol. The van der Waals surface area contributed by atoms with E-state index in [2.05, 4.69) is 46.4 Å². The van der Waals surface area contributed by atoms with Crippen LogP contribution in [-0.2, 0) is 7.05 Å². The van der Waals surface area contributed by atoms with Gasteiger partial charge in [0, 0.05) is 30.7 Å². The Balaban J connectivity index is 2.26. The predicted octanol–water partition coefficient (Wildman–Crippen LogP) is 2.55. The van der Waals surface area contributed by atoms with Gasteiger partial charge in [-0.2, -0.15) is 0 Å². The van der Waals surface area contributed by atoms with E-state index >= 15 is 0 Å². The van der Waals surface area contributed by atoms with Crippen molar-refractivity contribution in [3.63, 3.8) is 0 Å². The highest BCUT2D eigenvalue weighted by atomic mass is 79.9. The zero-order valence-corrected chi connectivity index (χ0v) is 9.87. The lowest BCUT2D eigenvalue weighted by Crippen LogP contribution is -1.98. The van der Waals surface area contributed by atoms with E-state index in [-0.39, 0.29) is 0 Å². The highest BCUT2D eigenvalue weighted by Crippen LogP contribution is 2.64. The molecule has 0 saturated heterocycles. The molecule has 0 radical (unpaired) electrons. The van der Waals surface area contributed by atoms with Gasteiger partial charge >= 0.3 is 0 Å². The number of aryl methyl sites for hydroxylation is 1. The summed E-state index contributed by atoms with van der Waals surface area (Å²) in [6, 6.07) is 0. The lowest BCUT2D eigenvalue weighted by Gasteiger charge is -2.02. The zero-order chi connectivity index (χ0) is 9.64. The van der Waals surface area contributed by atoms with Crippen LogP contribution < -0.4 is 0 Å². The molecule has 1 fully saturated rings. The van der Waals surface area contributed by atoms with Crippen molar-refractivity contribution in [3.05, 3.63) is 18.2 Å². The number of imidazole rings is 1. The number of hydrogen-bond acceptors (Lipinski definition) is 1. The number of halogens is 1. The number of hydrogen-bond donors (Lipinski definition) is 0. The minimum Gasteiger partial charge on any atom is -0.338 e. The lowest BCUT2D eigenvalue weighted by molar-refractivity contribution is 0.569. The highest BCUT2D eigenvalue weighted by Gasteiger charge is 2.59. The second-order valence-electron chi connectivity index (χ2n) is 4.46. The van der Waals surface area contributed by atoms with Crippen LogP contribution in [0.25, 0.3) is 0 Å². The molecule has 72 valence electrons. The summed E-state index contributed by atoms with van der Waals surface area (Å²) < 4.78 is 2.13. The number of alkyl halides is 1. The van der Waals surface area contributed by atoms with Crippen LogP contribution in [0.15, 0.2) is 12.4 Å². The van der Waals surface area contributed by atoms with Crippen LogP contribution in [0, 0.1) is 11.3 Å². The minimum atomic E-state index is 0.419. The summed E-state index contributed by atoms with van der Waals surface area (Å²) >= 11 is 3.57. The molecule has 2 atom stereocenters. The molecule has 1 aromatic rings. The Morgan fingerprint density at radius 3 is 2.69 bits per heavy atom. The van der Waals surface area contributed by atoms with Gasteiger partial charge in [-0.25, -0.2) is 4.98 Å². The first kappa shape index (κ1) is 9.25. The maximum Gasteiger partial charge on any atom is 0.112 e. The number of aromatic nitrogens is 2. The minimum absolute atomic E-state index is 0.419. The summed E-state index contributed by atoms with van der Waals surface area (Å²) in [6.45, 7) is 4.64. The molecule has 1 heterocycles. The molecule has 3 heteroatoms. The Bertz CT molecular complexity index is 316. The van der Waals surface area contributed by atoms with Crippen molar-refractivity contribution in [1.29, 1.82) is 0 Å². The normalized spacial score (nSPS) is 30.5. The van der Waals surface area contributed by atoms with E-state index in [0.29, 0.717) is 11.3 Å². The molecule has 0 spiro atoms. The second kappa shape index (κ2) is 2.84. The number of nitrogens with zero attached hydrogens (tertiary/aromatic N) is 2. The first-order valence-electron chi connectivity index (χ1n) is 4.62. The first-order chi connectivity index (χ1) is 6.09. The summed E-state index contributed by atoms with van der Waals surface area (Å²) in [5.41, 5.74) is 0.419. The molecule has 2 unspecified atom stereocenters. The summed E-state index contributed by atoms with van der Waals surface area (Å²) in [4.78, 5) is 4.41. The van der Waals surface area contributed by atoms with Gasteiger partial charge in [-0.05, 0) is 11.3 Å². The second-order valence-corrected chi connectivity index (χ2v) is 5.10. The maximum absolute atomic E-state index is 4.41. The summed E-state index contributed by atoms with van der Waals surface area (Å²) in [5.74, 6) is 2.61. The average molecular weight is 243 g/mol. The van der Waals surface area contributed by atoms with Crippen LogP contribution in [0.2, 0.25) is 0 Å². The van der Waals surface area contributed by atoms with E-state index < -0.39 is 0 Å². The summed E-state index contributed by atoms with van der Waals surface area (Å²) in [7, 11) is 2.07. The molecule has 2 rings (SSSR count). The molecular weight excluding hydrogens is 228 g/mol. The Hall–Kier alpha value is -0.310. The van der Waals surface area contributed by atoms with Crippen molar-refractivity contribution >= 4 is 15.9 Å². The van der Waals surface area contributed by atoms with E-state index in [9.17, 15) is 0 Å². The fraction of sp³-hybridized carbons (Fsp3) is 0.700. The standard InChI is InChI=1S/C10H15BrN2/c1-10(2)7(6-11)8(10)9-12-4-5-13(9)3/h4-5,7-8H,6H2,1-3H3. The third-order valence-corrected chi connectivity index (χ3v) is 4.05. The molecule has 0 aliphatic heterocycles. The number of rotatable bonds is 2. The molecule has 1 aliphatic rings. The smallest absolute Gasteiger partial charge is 0.112 e. The molecule has 1 saturated carbocycles. The Labute approximate surface area is 87.5 Å². The van der Waals surface area contributed by atoms with Gasteiger partial charge in [-0.15, -0.1) is 0 Å². The predicted molar refractivity (Wildman–Crippen MR) is 57.0 cm³/mol. The first-order valence-corrected chi connectivity index (χ1v) is 5.74.